The van der Waals surface area contributed by atoms with Crippen molar-refractivity contribution in [3.8, 4) is 5.75 Å². The average Bonchev–Trinajstić information content (AvgIpc) is 3.16. The number of ether oxygens (including phenoxy) is 1. The SMILES string of the molecule is Cc1ccc(OCc2nnc(SCC(=O)N[C@H](C)c3ccc4c(c3)CCCC4)n2N)c(C)c1. The number of nitrogens with zero attached hydrogens (tertiary/aromatic N) is 3. The summed E-state index contributed by atoms with van der Waals surface area (Å²) in [5.74, 6) is 7.56. The molecule has 0 unspecified atom stereocenters. The topological polar surface area (TPSA) is 95.1 Å². The van der Waals surface area contributed by atoms with Crippen LogP contribution in [0.2, 0.25) is 0 Å². The molecule has 3 N–H and O–H groups in total. The zero-order chi connectivity index (χ0) is 23.4. The highest BCUT2D eigenvalue weighted by atomic mass is 32.2. The summed E-state index contributed by atoms with van der Waals surface area (Å²) >= 11 is 1.26. The van der Waals surface area contributed by atoms with Crippen LogP contribution >= 0.6 is 11.8 Å². The summed E-state index contributed by atoms with van der Waals surface area (Å²) < 4.78 is 7.23. The number of carbonyl (C=O) groups is 1. The summed E-state index contributed by atoms with van der Waals surface area (Å²) in [6.07, 6.45) is 4.79. The van der Waals surface area contributed by atoms with Crippen LogP contribution in [-0.4, -0.2) is 26.5 Å². The third-order valence-corrected chi connectivity index (χ3v) is 6.95. The number of amides is 1. The second kappa shape index (κ2) is 10.3. The minimum Gasteiger partial charge on any atom is -0.485 e. The van der Waals surface area contributed by atoms with Gasteiger partial charge in [-0.25, -0.2) is 4.68 Å². The summed E-state index contributed by atoms with van der Waals surface area (Å²) in [6.45, 7) is 6.26. The summed E-state index contributed by atoms with van der Waals surface area (Å²) in [4.78, 5) is 12.5. The second-order valence-corrected chi connectivity index (χ2v) is 9.58. The van der Waals surface area contributed by atoms with Crippen molar-refractivity contribution in [3.63, 3.8) is 0 Å². The van der Waals surface area contributed by atoms with E-state index in [1.54, 1.807) is 0 Å². The molecule has 0 saturated heterocycles. The molecular formula is C25H31N5O2S. The Balaban J connectivity index is 1.29. The number of thioether (sulfide) groups is 1. The van der Waals surface area contributed by atoms with E-state index >= 15 is 0 Å². The molecule has 0 fully saturated rings. The van der Waals surface area contributed by atoms with Crippen LogP contribution in [0.15, 0.2) is 41.6 Å². The zero-order valence-electron chi connectivity index (χ0n) is 19.4. The predicted octanol–water partition coefficient (Wildman–Crippen LogP) is 4.04. The first-order chi connectivity index (χ1) is 15.9. The maximum Gasteiger partial charge on any atom is 0.230 e. The molecule has 1 aliphatic rings. The van der Waals surface area contributed by atoms with Gasteiger partial charge in [-0.15, -0.1) is 10.2 Å². The molecule has 0 saturated carbocycles. The lowest BCUT2D eigenvalue weighted by atomic mass is 9.89. The Hall–Kier alpha value is -3.00. The van der Waals surface area contributed by atoms with Crippen LogP contribution < -0.4 is 15.9 Å². The lowest BCUT2D eigenvalue weighted by Gasteiger charge is -2.20. The third-order valence-electron chi connectivity index (χ3n) is 6.00. The summed E-state index contributed by atoms with van der Waals surface area (Å²) in [5, 5.41) is 11.8. The Bertz CT molecular complexity index is 1140. The minimum atomic E-state index is -0.0682. The number of aryl methyl sites for hydroxylation is 4. The fourth-order valence-electron chi connectivity index (χ4n) is 4.13. The normalized spacial score (nSPS) is 13.9. The Kier molecular flexibility index (Phi) is 7.23. The van der Waals surface area contributed by atoms with Gasteiger partial charge in [0.05, 0.1) is 11.8 Å². The molecule has 8 heteroatoms. The number of aromatic nitrogens is 3. The molecule has 2 aromatic carbocycles. The molecule has 7 nitrogen and oxygen atoms in total. The number of hydrogen-bond acceptors (Lipinski definition) is 6. The lowest BCUT2D eigenvalue weighted by Crippen LogP contribution is -2.28. The molecule has 174 valence electrons. The number of fused-ring (bicyclic) bond motifs is 1. The smallest absolute Gasteiger partial charge is 0.230 e. The molecule has 1 amide bonds. The minimum absolute atomic E-state index is 0.0530. The molecule has 3 aromatic rings. The van der Waals surface area contributed by atoms with Gasteiger partial charge in [-0.3, -0.25) is 4.79 Å². The van der Waals surface area contributed by atoms with E-state index in [0.717, 1.165) is 29.7 Å². The Labute approximate surface area is 199 Å². The lowest BCUT2D eigenvalue weighted by molar-refractivity contribution is -0.119. The number of benzene rings is 2. The molecule has 4 rings (SSSR count). The van der Waals surface area contributed by atoms with E-state index in [9.17, 15) is 4.79 Å². The molecule has 1 atom stereocenters. The predicted molar refractivity (Wildman–Crippen MR) is 131 cm³/mol. The summed E-state index contributed by atoms with van der Waals surface area (Å²) in [5.41, 5.74) is 6.23. The van der Waals surface area contributed by atoms with Crippen molar-refractivity contribution in [2.45, 2.75) is 64.3 Å². The van der Waals surface area contributed by atoms with Crippen molar-refractivity contribution in [3.05, 3.63) is 70.0 Å². The number of nitrogen functional groups attached to an aromatic ring is 1. The Morgan fingerprint density at radius 2 is 1.94 bits per heavy atom. The van der Waals surface area contributed by atoms with Gasteiger partial charge in [-0.1, -0.05) is 47.7 Å². The van der Waals surface area contributed by atoms with Gasteiger partial charge < -0.3 is 15.9 Å². The van der Waals surface area contributed by atoms with Gasteiger partial charge in [-0.05, 0) is 74.8 Å². The van der Waals surface area contributed by atoms with Crippen LogP contribution in [0, 0.1) is 13.8 Å². The van der Waals surface area contributed by atoms with Crippen LogP contribution in [0.4, 0.5) is 0 Å². The number of nitrogens with two attached hydrogens (primary N) is 1. The highest BCUT2D eigenvalue weighted by Gasteiger charge is 2.16. The number of carbonyl (C=O) groups excluding carboxylic acids is 1. The first kappa shape index (κ1) is 23.2. The summed E-state index contributed by atoms with van der Waals surface area (Å²) in [7, 11) is 0. The van der Waals surface area contributed by atoms with Gasteiger partial charge in [0.25, 0.3) is 0 Å². The van der Waals surface area contributed by atoms with Crippen molar-refractivity contribution in [1.82, 2.24) is 20.2 Å². The van der Waals surface area contributed by atoms with E-state index in [0.29, 0.717) is 11.0 Å². The summed E-state index contributed by atoms with van der Waals surface area (Å²) in [6, 6.07) is 12.5. The zero-order valence-corrected chi connectivity index (χ0v) is 20.2. The van der Waals surface area contributed by atoms with Crippen LogP contribution in [0.1, 0.15) is 59.4 Å². The van der Waals surface area contributed by atoms with Crippen molar-refractivity contribution >= 4 is 17.7 Å². The fourth-order valence-corrected chi connectivity index (χ4v) is 4.81. The van der Waals surface area contributed by atoms with Gasteiger partial charge in [0.1, 0.15) is 12.4 Å². The molecule has 0 aliphatic heterocycles. The van der Waals surface area contributed by atoms with Gasteiger partial charge in [0.2, 0.25) is 11.1 Å². The second-order valence-electron chi connectivity index (χ2n) is 8.64. The van der Waals surface area contributed by atoms with Crippen LogP contribution in [0.5, 0.6) is 5.75 Å². The van der Waals surface area contributed by atoms with Crippen LogP contribution in [0.3, 0.4) is 0 Å². The number of rotatable bonds is 8. The van der Waals surface area contributed by atoms with Gasteiger partial charge >= 0.3 is 0 Å². The van der Waals surface area contributed by atoms with E-state index in [4.69, 9.17) is 10.6 Å². The van der Waals surface area contributed by atoms with Gasteiger partial charge in [0, 0.05) is 0 Å². The van der Waals surface area contributed by atoms with Crippen molar-refractivity contribution in [1.29, 1.82) is 0 Å². The molecule has 0 bridgehead atoms. The molecule has 1 heterocycles. The molecule has 1 aromatic heterocycles. The third kappa shape index (κ3) is 5.68. The first-order valence-corrected chi connectivity index (χ1v) is 12.3. The average molecular weight is 466 g/mol. The number of hydrogen-bond donors (Lipinski definition) is 2. The monoisotopic (exact) mass is 465 g/mol. The standard InChI is InChI=1S/C25H31N5O2S/c1-16-8-11-22(17(2)12-16)32-14-23-28-29-25(30(23)26)33-15-24(31)27-18(3)20-10-9-19-6-4-5-7-21(19)13-20/h8-13,18H,4-7,14-15,26H2,1-3H3,(H,27,31)/t18-/m1/s1. The van der Waals surface area contributed by atoms with Crippen molar-refractivity contribution < 1.29 is 9.53 Å². The fraction of sp³-hybridized carbons (Fsp3) is 0.400. The van der Waals surface area contributed by atoms with Gasteiger partial charge in [0.15, 0.2) is 5.82 Å². The van der Waals surface area contributed by atoms with Crippen molar-refractivity contribution in [2.75, 3.05) is 11.6 Å². The largest absolute Gasteiger partial charge is 0.485 e. The highest BCUT2D eigenvalue weighted by Crippen LogP contribution is 2.25. The van der Waals surface area contributed by atoms with Crippen molar-refractivity contribution in [2.24, 2.45) is 0 Å². The highest BCUT2D eigenvalue weighted by molar-refractivity contribution is 7.99. The quantitative estimate of drug-likeness (QED) is 0.385. The molecule has 33 heavy (non-hydrogen) atoms. The maximum absolute atomic E-state index is 12.5. The van der Waals surface area contributed by atoms with E-state index in [-0.39, 0.29) is 24.3 Å². The Morgan fingerprint density at radius 3 is 2.73 bits per heavy atom. The van der Waals surface area contributed by atoms with E-state index in [2.05, 4.69) is 39.8 Å². The molecular weight excluding hydrogens is 434 g/mol. The number of nitrogens with one attached hydrogen (secondary N) is 1. The molecule has 0 spiro atoms. The van der Waals surface area contributed by atoms with Gasteiger partial charge in [-0.2, -0.15) is 0 Å². The van der Waals surface area contributed by atoms with Crippen LogP contribution in [0.25, 0.3) is 0 Å². The maximum atomic E-state index is 12.5. The van der Waals surface area contributed by atoms with E-state index in [1.807, 2.05) is 32.9 Å². The van der Waals surface area contributed by atoms with E-state index < -0.39 is 0 Å². The first-order valence-electron chi connectivity index (χ1n) is 11.3. The van der Waals surface area contributed by atoms with Crippen LogP contribution in [-0.2, 0) is 24.2 Å². The Morgan fingerprint density at radius 1 is 1.15 bits per heavy atom. The molecule has 0 radical (unpaired) electrons. The van der Waals surface area contributed by atoms with E-state index in [1.165, 1.54) is 46.0 Å². The molecule has 1 aliphatic carbocycles.